The van der Waals surface area contributed by atoms with Gasteiger partial charge in [-0.25, -0.2) is 0 Å². The molecule has 0 spiro atoms. The van der Waals surface area contributed by atoms with Crippen LogP contribution < -0.4 is 5.32 Å². The fourth-order valence-corrected chi connectivity index (χ4v) is 3.20. The van der Waals surface area contributed by atoms with Crippen molar-refractivity contribution in [1.29, 1.82) is 0 Å². The summed E-state index contributed by atoms with van der Waals surface area (Å²) in [5.74, 6) is 2.00. The van der Waals surface area contributed by atoms with Gasteiger partial charge in [0.15, 0.2) is 0 Å². The first-order valence-corrected chi connectivity index (χ1v) is 6.63. The molecule has 2 aliphatic rings. The van der Waals surface area contributed by atoms with Gasteiger partial charge in [-0.15, -0.1) is 11.6 Å². The molecule has 82 valence electrons. The molecule has 14 heavy (non-hydrogen) atoms. The highest BCUT2D eigenvalue weighted by molar-refractivity contribution is 6.20. The lowest BCUT2D eigenvalue weighted by Gasteiger charge is -2.30. The largest absolute Gasteiger partial charge is 0.317 e. The third kappa shape index (κ3) is 3.13. The Morgan fingerprint density at radius 1 is 0.857 bits per heavy atom. The quantitative estimate of drug-likeness (QED) is 0.698. The van der Waals surface area contributed by atoms with Gasteiger partial charge in [0.25, 0.3) is 0 Å². The minimum Gasteiger partial charge on any atom is -0.317 e. The number of rotatable bonds is 2. The van der Waals surface area contributed by atoms with E-state index in [0.29, 0.717) is 5.38 Å². The third-order valence-corrected chi connectivity index (χ3v) is 4.34. The molecular weight excluding hydrogens is 194 g/mol. The molecule has 1 nitrogen and oxygen atoms in total. The fraction of sp³-hybridized carbons (Fsp3) is 1.00. The zero-order valence-electron chi connectivity index (χ0n) is 8.97. The molecule has 2 fully saturated rings. The second-order valence-corrected chi connectivity index (χ2v) is 5.66. The number of hydrogen-bond donors (Lipinski definition) is 1. The maximum Gasteiger partial charge on any atom is 0.0336 e. The first kappa shape index (κ1) is 10.8. The molecule has 0 aromatic carbocycles. The normalized spacial score (nSPS) is 35.8. The molecule has 1 N–H and O–H groups in total. The van der Waals surface area contributed by atoms with Crippen LogP contribution in [0.1, 0.15) is 44.9 Å². The van der Waals surface area contributed by atoms with Gasteiger partial charge in [0.1, 0.15) is 0 Å². The Hall–Kier alpha value is 0.250. The Labute approximate surface area is 92.6 Å². The van der Waals surface area contributed by atoms with Crippen molar-refractivity contribution in [3.8, 4) is 0 Å². The number of piperidine rings is 1. The summed E-state index contributed by atoms with van der Waals surface area (Å²) in [6.45, 7) is 2.49. The number of alkyl halides is 1. The van der Waals surface area contributed by atoms with E-state index >= 15 is 0 Å². The second kappa shape index (κ2) is 5.37. The summed E-state index contributed by atoms with van der Waals surface area (Å²) in [6, 6.07) is 0. The zero-order valence-corrected chi connectivity index (χ0v) is 9.73. The van der Waals surface area contributed by atoms with E-state index in [2.05, 4.69) is 5.32 Å². The van der Waals surface area contributed by atoms with Gasteiger partial charge in [-0.2, -0.15) is 0 Å². The Bertz CT molecular complexity index is 158. The molecule has 1 saturated carbocycles. The van der Waals surface area contributed by atoms with Crippen LogP contribution >= 0.6 is 11.6 Å². The second-order valence-electron chi connectivity index (χ2n) is 5.05. The molecule has 0 aromatic heterocycles. The lowest BCUT2D eigenvalue weighted by Crippen LogP contribution is -2.29. The summed E-state index contributed by atoms with van der Waals surface area (Å²) in [6.07, 6.45) is 9.58. The van der Waals surface area contributed by atoms with Crippen molar-refractivity contribution in [2.75, 3.05) is 13.1 Å². The van der Waals surface area contributed by atoms with Crippen LogP contribution in [0.2, 0.25) is 0 Å². The highest BCUT2D eigenvalue weighted by Gasteiger charge is 2.23. The van der Waals surface area contributed by atoms with Gasteiger partial charge in [-0.05, 0) is 69.9 Å². The smallest absolute Gasteiger partial charge is 0.0336 e. The van der Waals surface area contributed by atoms with E-state index in [-0.39, 0.29) is 0 Å². The van der Waals surface area contributed by atoms with Gasteiger partial charge in [-0.1, -0.05) is 0 Å². The maximum atomic E-state index is 6.11. The van der Waals surface area contributed by atoms with Gasteiger partial charge >= 0.3 is 0 Å². The SMILES string of the molecule is ClC1CCC(CC2CCNCC2)CC1. The van der Waals surface area contributed by atoms with Gasteiger partial charge in [0, 0.05) is 5.38 Å². The fourth-order valence-electron chi connectivity index (χ4n) is 2.95. The Morgan fingerprint density at radius 3 is 2.07 bits per heavy atom. The number of nitrogens with one attached hydrogen (secondary N) is 1. The lowest BCUT2D eigenvalue weighted by molar-refractivity contribution is 0.253. The first-order valence-electron chi connectivity index (χ1n) is 6.19. The predicted octanol–water partition coefficient (Wildman–Crippen LogP) is 3.17. The lowest BCUT2D eigenvalue weighted by atomic mass is 9.80. The van der Waals surface area contributed by atoms with Crippen LogP contribution in [-0.2, 0) is 0 Å². The Balaban J connectivity index is 1.68. The molecule has 0 bridgehead atoms. The summed E-state index contributed by atoms with van der Waals surface area (Å²) in [5.41, 5.74) is 0. The molecular formula is C12H22ClN. The van der Waals surface area contributed by atoms with E-state index in [1.54, 1.807) is 0 Å². The average molecular weight is 216 g/mol. The van der Waals surface area contributed by atoms with Crippen LogP contribution in [0.15, 0.2) is 0 Å². The summed E-state index contributed by atoms with van der Waals surface area (Å²) < 4.78 is 0. The molecule has 0 aromatic rings. The van der Waals surface area contributed by atoms with Crippen molar-refractivity contribution in [2.24, 2.45) is 11.8 Å². The van der Waals surface area contributed by atoms with Gasteiger partial charge in [0.2, 0.25) is 0 Å². The molecule has 0 radical (unpaired) electrons. The van der Waals surface area contributed by atoms with E-state index in [0.717, 1.165) is 11.8 Å². The van der Waals surface area contributed by atoms with Crippen LogP contribution in [0.5, 0.6) is 0 Å². The van der Waals surface area contributed by atoms with Crippen molar-refractivity contribution < 1.29 is 0 Å². The topological polar surface area (TPSA) is 12.0 Å². The first-order chi connectivity index (χ1) is 6.84. The summed E-state index contributed by atoms with van der Waals surface area (Å²) in [7, 11) is 0. The van der Waals surface area contributed by atoms with Crippen LogP contribution in [-0.4, -0.2) is 18.5 Å². The standard InChI is InChI=1S/C12H22ClN/c13-12-3-1-10(2-4-12)9-11-5-7-14-8-6-11/h10-12,14H,1-9H2. The zero-order chi connectivity index (χ0) is 9.80. The highest BCUT2D eigenvalue weighted by atomic mass is 35.5. The molecule has 2 rings (SSSR count). The Kier molecular flexibility index (Phi) is 4.12. The third-order valence-electron chi connectivity index (χ3n) is 3.90. The molecule has 0 amide bonds. The predicted molar refractivity (Wildman–Crippen MR) is 61.8 cm³/mol. The number of hydrogen-bond acceptors (Lipinski definition) is 1. The summed E-state index contributed by atoms with van der Waals surface area (Å²) in [5, 5.41) is 3.92. The minimum absolute atomic E-state index is 0.485. The van der Waals surface area contributed by atoms with E-state index in [9.17, 15) is 0 Å². The molecule has 1 heterocycles. The minimum atomic E-state index is 0.485. The molecule has 1 aliphatic heterocycles. The highest BCUT2D eigenvalue weighted by Crippen LogP contribution is 2.33. The van der Waals surface area contributed by atoms with Gasteiger partial charge in [0.05, 0.1) is 0 Å². The maximum absolute atomic E-state index is 6.11. The molecule has 1 saturated heterocycles. The summed E-state index contributed by atoms with van der Waals surface area (Å²) in [4.78, 5) is 0. The van der Waals surface area contributed by atoms with E-state index < -0.39 is 0 Å². The molecule has 1 aliphatic carbocycles. The molecule has 2 heteroatoms. The van der Waals surface area contributed by atoms with Crippen LogP contribution in [0, 0.1) is 11.8 Å². The van der Waals surface area contributed by atoms with Crippen molar-refractivity contribution in [3.63, 3.8) is 0 Å². The van der Waals surface area contributed by atoms with Crippen LogP contribution in [0.25, 0.3) is 0 Å². The van der Waals surface area contributed by atoms with Crippen LogP contribution in [0.3, 0.4) is 0 Å². The van der Waals surface area contributed by atoms with E-state index in [1.165, 1.54) is 58.0 Å². The average Bonchev–Trinajstić information content (AvgIpc) is 2.23. The molecule has 0 atom stereocenters. The van der Waals surface area contributed by atoms with Crippen molar-refractivity contribution in [3.05, 3.63) is 0 Å². The van der Waals surface area contributed by atoms with E-state index in [1.807, 2.05) is 0 Å². The monoisotopic (exact) mass is 215 g/mol. The Morgan fingerprint density at radius 2 is 1.43 bits per heavy atom. The van der Waals surface area contributed by atoms with Crippen molar-refractivity contribution in [1.82, 2.24) is 5.32 Å². The van der Waals surface area contributed by atoms with Crippen molar-refractivity contribution in [2.45, 2.75) is 50.3 Å². The van der Waals surface area contributed by atoms with E-state index in [4.69, 9.17) is 11.6 Å². The number of halogens is 1. The van der Waals surface area contributed by atoms with Crippen molar-refractivity contribution >= 4 is 11.6 Å². The van der Waals surface area contributed by atoms with Crippen LogP contribution in [0.4, 0.5) is 0 Å². The van der Waals surface area contributed by atoms with Gasteiger partial charge < -0.3 is 5.32 Å². The summed E-state index contributed by atoms with van der Waals surface area (Å²) >= 11 is 6.11. The van der Waals surface area contributed by atoms with Gasteiger partial charge in [-0.3, -0.25) is 0 Å². The molecule has 0 unspecified atom stereocenters.